The lowest BCUT2D eigenvalue weighted by atomic mass is 9.76. The molecular formula is C32H29ClF3N5O3. The summed E-state index contributed by atoms with van der Waals surface area (Å²) in [7, 11) is 0. The van der Waals surface area contributed by atoms with Gasteiger partial charge >= 0.3 is 6.18 Å². The summed E-state index contributed by atoms with van der Waals surface area (Å²) in [6, 6.07) is 10.4. The van der Waals surface area contributed by atoms with Crippen molar-refractivity contribution in [2.75, 3.05) is 18.4 Å². The number of nitrogens with one attached hydrogen (secondary N) is 2. The average Bonchev–Trinajstić information content (AvgIpc) is 3.39. The Balaban J connectivity index is 1.02. The topological polar surface area (TPSA) is 96.3 Å². The molecule has 12 heteroatoms. The number of carbonyl (C=O) groups excluding carboxylic acids is 3. The van der Waals surface area contributed by atoms with E-state index >= 15 is 0 Å². The van der Waals surface area contributed by atoms with E-state index < -0.39 is 17.3 Å². The monoisotopic (exact) mass is 623 g/mol. The van der Waals surface area contributed by atoms with Crippen LogP contribution in [0.2, 0.25) is 5.02 Å². The molecule has 2 N–H and O–H groups in total. The second-order valence-electron chi connectivity index (χ2n) is 11.6. The fraction of sp³-hybridized carbons (Fsp3) is 0.375. The zero-order valence-electron chi connectivity index (χ0n) is 23.6. The molecule has 3 amide bonds. The molecule has 2 aliphatic heterocycles. The lowest BCUT2D eigenvalue weighted by Crippen LogP contribution is -2.51. The lowest BCUT2D eigenvalue weighted by molar-refractivity contribution is -0.137. The molecule has 1 atom stereocenters. The van der Waals surface area contributed by atoms with Crippen LogP contribution in [0.5, 0.6) is 0 Å². The standard InChI is InChI=1S/C32H29ClF3N5O3/c33-26-14-24(32(34,35)36)8-10-27(26)38-30(44)31(12-1-13-31)41-19-22(15-37-41)18-40-16-21(17-40)3-2-20-4-6-23(7-5-20)25-9-11-28(42)39-29(25)43/h4-8,10,14-15,19,21,25H,1,9,11-13,16-18H2,(H,38,44)(H,39,42,43). The van der Waals surface area contributed by atoms with Crippen LogP contribution >= 0.6 is 11.6 Å². The molecule has 8 nitrogen and oxygen atoms in total. The highest BCUT2D eigenvalue weighted by Gasteiger charge is 2.47. The number of anilines is 1. The average molecular weight is 624 g/mol. The number of piperidine rings is 1. The van der Waals surface area contributed by atoms with Crippen molar-refractivity contribution in [3.8, 4) is 11.8 Å². The van der Waals surface area contributed by atoms with Crippen LogP contribution < -0.4 is 10.6 Å². The number of likely N-dealkylation sites (tertiary alicyclic amines) is 1. The molecule has 3 aromatic rings. The van der Waals surface area contributed by atoms with Crippen LogP contribution in [0.1, 0.15) is 60.3 Å². The van der Waals surface area contributed by atoms with Crippen molar-refractivity contribution in [2.45, 2.75) is 56.3 Å². The highest BCUT2D eigenvalue weighted by atomic mass is 35.5. The zero-order chi connectivity index (χ0) is 31.1. The first-order valence-electron chi connectivity index (χ1n) is 14.4. The number of alkyl halides is 3. The maximum Gasteiger partial charge on any atom is 0.416 e. The van der Waals surface area contributed by atoms with Crippen molar-refractivity contribution < 1.29 is 27.6 Å². The van der Waals surface area contributed by atoms with Crippen LogP contribution in [0.4, 0.5) is 18.9 Å². The molecule has 0 radical (unpaired) electrons. The number of hydrogen-bond donors (Lipinski definition) is 2. The number of benzene rings is 2. The second kappa shape index (κ2) is 11.7. The summed E-state index contributed by atoms with van der Waals surface area (Å²) >= 11 is 6.06. The van der Waals surface area contributed by atoms with Gasteiger partial charge in [-0.15, -0.1) is 0 Å². The Labute approximate surface area is 256 Å². The summed E-state index contributed by atoms with van der Waals surface area (Å²) in [6.07, 6.45) is 1.88. The Hall–Kier alpha value is -4.14. The molecule has 2 saturated heterocycles. The zero-order valence-corrected chi connectivity index (χ0v) is 24.3. The fourth-order valence-corrected chi connectivity index (χ4v) is 6.05. The third-order valence-electron chi connectivity index (χ3n) is 8.56. The molecule has 0 bridgehead atoms. The molecule has 2 aromatic carbocycles. The minimum atomic E-state index is -4.52. The summed E-state index contributed by atoms with van der Waals surface area (Å²) in [5.74, 6) is 5.58. The van der Waals surface area contributed by atoms with Gasteiger partial charge in [0.2, 0.25) is 11.8 Å². The van der Waals surface area contributed by atoms with Gasteiger partial charge in [0.25, 0.3) is 5.91 Å². The molecule has 0 spiro atoms. The van der Waals surface area contributed by atoms with Crippen molar-refractivity contribution >= 4 is 35.0 Å². The molecule has 1 unspecified atom stereocenters. The number of aromatic nitrogens is 2. The van der Waals surface area contributed by atoms with E-state index in [9.17, 15) is 27.6 Å². The van der Waals surface area contributed by atoms with Crippen LogP contribution in [-0.2, 0) is 32.6 Å². The van der Waals surface area contributed by atoms with Crippen LogP contribution in [0, 0.1) is 17.8 Å². The van der Waals surface area contributed by atoms with Gasteiger partial charge in [-0.1, -0.05) is 35.6 Å². The molecule has 44 heavy (non-hydrogen) atoms. The first kappa shape index (κ1) is 29.9. The Bertz CT molecular complexity index is 1660. The summed E-state index contributed by atoms with van der Waals surface area (Å²) < 4.78 is 40.6. The minimum Gasteiger partial charge on any atom is -0.323 e. The van der Waals surface area contributed by atoms with Crippen molar-refractivity contribution in [3.63, 3.8) is 0 Å². The van der Waals surface area contributed by atoms with E-state index in [1.165, 1.54) is 6.07 Å². The largest absolute Gasteiger partial charge is 0.416 e. The Morgan fingerprint density at radius 3 is 2.52 bits per heavy atom. The number of amides is 3. The minimum absolute atomic E-state index is 0.126. The van der Waals surface area contributed by atoms with E-state index in [4.69, 9.17) is 11.6 Å². The van der Waals surface area contributed by atoms with Gasteiger partial charge in [-0.25, -0.2) is 0 Å². The van der Waals surface area contributed by atoms with E-state index in [0.717, 1.165) is 48.3 Å². The molecule has 228 valence electrons. The van der Waals surface area contributed by atoms with E-state index in [2.05, 4.69) is 32.5 Å². The maximum absolute atomic E-state index is 13.3. The molecule has 6 rings (SSSR count). The predicted octanol–water partition coefficient (Wildman–Crippen LogP) is 5.08. The highest BCUT2D eigenvalue weighted by molar-refractivity contribution is 6.33. The summed E-state index contributed by atoms with van der Waals surface area (Å²) in [4.78, 5) is 39.0. The van der Waals surface area contributed by atoms with E-state index in [1.54, 1.807) is 10.9 Å². The third kappa shape index (κ3) is 6.10. The van der Waals surface area contributed by atoms with Gasteiger partial charge in [-0.3, -0.25) is 29.3 Å². The van der Waals surface area contributed by atoms with Crippen molar-refractivity contribution in [2.24, 2.45) is 5.92 Å². The summed E-state index contributed by atoms with van der Waals surface area (Å²) in [6.45, 7) is 2.25. The second-order valence-corrected chi connectivity index (χ2v) is 12.0. The van der Waals surface area contributed by atoms with Crippen LogP contribution in [-0.4, -0.2) is 45.5 Å². The molecule has 1 saturated carbocycles. The number of nitrogens with zero attached hydrogens (tertiary/aromatic N) is 3. The first-order chi connectivity index (χ1) is 21.0. The normalized spacial score (nSPS) is 20.1. The van der Waals surface area contributed by atoms with Crippen molar-refractivity contribution in [1.82, 2.24) is 20.0 Å². The fourth-order valence-electron chi connectivity index (χ4n) is 5.82. The molecule has 1 aliphatic carbocycles. The van der Waals surface area contributed by atoms with Gasteiger partial charge in [-0.2, -0.15) is 18.3 Å². The SMILES string of the molecule is O=C1CCC(c2ccc(C#CC3CN(Cc4cnn(C5(C(=O)Nc6ccc(C(F)(F)F)cc6Cl)CCC5)c4)C3)cc2)C(=O)N1. The maximum atomic E-state index is 13.3. The number of halogens is 4. The smallest absolute Gasteiger partial charge is 0.323 e. The van der Waals surface area contributed by atoms with E-state index in [1.807, 2.05) is 30.5 Å². The number of rotatable bonds is 6. The summed E-state index contributed by atoms with van der Waals surface area (Å²) in [5.41, 5.74) is 1.02. The quantitative estimate of drug-likeness (QED) is 0.295. The Kier molecular flexibility index (Phi) is 7.99. The van der Waals surface area contributed by atoms with Crippen LogP contribution in [0.25, 0.3) is 0 Å². The Morgan fingerprint density at radius 2 is 1.89 bits per heavy atom. The number of carbonyl (C=O) groups is 3. The molecule has 1 aromatic heterocycles. The van der Waals surface area contributed by atoms with Gasteiger partial charge in [0.15, 0.2) is 0 Å². The highest BCUT2D eigenvalue weighted by Crippen LogP contribution is 2.41. The van der Waals surface area contributed by atoms with Crippen molar-refractivity contribution in [1.29, 1.82) is 0 Å². The lowest BCUT2D eigenvalue weighted by Gasteiger charge is -2.40. The Morgan fingerprint density at radius 1 is 1.14 bits per heavy atom. The van der Waals surface area contributed by atoms with E-state index in [0.29, 0.717) is 32.2 Å². The molecular weight excluding hydrogens is 595 g/mol. The van der Waals surface area contributed by atoms with Crippen molar-refractivity contribution in [3.05, 3.63) is 82.1 Å². The molecule has 3 aliphatic rings. The van der Waals surface area contributed by atoms with Gasteiger partial charge in [0.05, 0.1) is 28.4 Å². The van der Waals surface area contributed by atoms with Crippen LogP contribution in [0.15, 0.2) is 54.9 Å². The van der Waals surface area contributed by atoms with E-state index in [-0.39, 0.29) is 40.3 Å². The molecule has 3 heterocycles. The molecule has 3 fully saturated rings. The van der Waals surface area contributed by atoms with Gasteiger partial charge < -0.3 is 5.32 Å². The summed E-state index contributed by atoms with van der Waals surface area (Å²) in [5, 5.41) is 9.39. The third-order valence-corrected chi connectivity index (χ3v) is 8.87. The van der Waals surface area contributed by atoms with Gasteiger partial charge in [-0.05, 0) is 61.6 Å². The van der Waals surface area contributed by atoms with Crippen LogP contribution in [0.3, 0.4) is 0 Å². The van der Waals surface area contributed by atoms with Gasteiger partial charge in [0, 0.05) is 49.3 Å². The predicted molar refractivity (Wildman–Crippen MR) is 156 cm³/mol. The van der Waals surface area contributed by atoms with Gasteiger partial charge in [0.1, 0.15) is 5.54 Å². The number of hydrogen-bond acceptors (Lipinski definition) is 5. The first-order valence-corrected chi connectivity index (χ1v) is 14.8. The number of imide groups is 1.